The first-order chi connectivity index (χ1) is 11.7. The number of amides is 1. The predicted octanol–water partition coefficient (Wildman–Crippen LogP) is 0.448. The second kappa shape index (κ2) is 7.90. The molecule has 3 rings (SSSR count). The molecule has 0 radical (unpaired) electrons. The first-order valence-electron chi connectivity index (χ1n) is 8.74. The summed E-state index contributed by atoms with van der Waals surface area (Å²) in [6.07, 6.45) is 3.70. The first kappa shape index (κ1) is 17.1. The maximum Gasteiger partial charge on any atom is 0.225 e. The van der Waals surface area contributed by atoms with E-state index in [2.05, 4.69) is 25.1 Å². The van der Waals surface area contributed by atoms with E-state index < -0.39 is 0 Å². The number of nitrogens with zero attached hydrogens (tertiary/aromatic N) is 4. The molecule has 1 amide bonds. The van der Waals surface area contributed by atoms with Crippen LogP contribution in [0.4, 0.5) is 5.82 Å². The van der Waals surface area contributed by atoms with Crippen LogP contribution in [0, 0.1) is 12.8 Å². The van der Waals surface area contributed by atoms with Crippen molar-refractivity contribution in [1.29, 1.82) is 0 Å². The van der Waals surface area contributed by atoms with Gasteiger partial charge in [0.05, 0.1) is 5.92 Å². The zero-order chi connectivity index (χ0) is 16.9. The Bertz CT molecular complexity index is 562. The van der Waals surface area contributed by atoms with E-state index in [4.69, 9.17) is 4.74 Å². The van der Waals surface area contributed by atoms with Gasteiger partial charge >= 0.3 is 0 Å². The zero-order valence-electron chi connectivity index (χ0n) is 14.6. The summed E-state index contributed by atoms with van der Waals surface area (Å²) in [6, 6.07) is 2.50. The van der Waals surface area contributed by atoms with Crippen molar-refractivity contribution in [3.05, 3.63) is 18.1 Å². The molecule has 7 heteroatoms. The highest BCUT2D eigenvalue weighted by Gasteiger charge is 2.32. The summed E-state index contributed by atoms with van der Waals surface area (Å²) in [4.78, 5) is 25.6. The van der Waals surface area contributed by atoms with Gasteiger partial charge < -0.3 is 15.0 Å². The number of aryl methyl sites for hydroxylation is 1. The van der Waals surface area contributed by atoms with Crippen molar-refractivity contribution in [2.75, 3.05) is 51.3 Å². The Morgan fingerprint density at radius 1 is 1.25 bits per heavy atom. The Morgan fingerprint density at radius 2 is 2.04 bits per heavy atom. The van der Waals surface area contributed by atoms with Gasteiger partial charge in [0.25, 0.3) is 0 Å². The summed E-state index contributed by atoms with van der Waals surface area (Å²) >= 11 is 0. The quantitative estimate of drug-likeness (QED) is 0.866. The van der Waals surface area contributed by atoms with Gasteiger partial charge in [0.1, 0.15) is 12.1 Å². The number of carbonyl (C=O) groups is 1. The molecule has 0 spiro atoms. The summed E-state index contributed by atoms with van der Waals surface area (Å²) in [5, 5.41) is 2.82. The molecule has 7 nitrogen and oxygen atoms in total. The monoisotopic (exact) mass is 333 g/mol. The third-order valence-corrected chi connectivity index (χ3v) is 4.99. The average Bonchev–Trinajstić information content (AvgIpc) is 2.85. The van der Waals surface area contributed by atoms with Crippen LogP contribution in [0.25, 0.3) is 0 Å². The summed E-state index contributed by atoms with van der Waals surface area (Å²) in [7, 11) is 1.71. The van der Waals surface area contributed by atoms with Crippen LogP contribution >= 0.6 is 0 Å². The minimum atomic E-state index is -0.0596. The third kappa shape index (κ3) is 4.02. The predicted molar refractivity (Wildman–Crippen MR) is 92.0 cm³/mol. The van der Waals surface area contributed by atoms with E-state index in [0.717, 1.165) is 57.2 Å². The number of aromatic nitrogens is 2. The zero-order valence-corrected chi connectivity index (χ0v) is 14.6. The number of carbonyl (C=O) groups excluding carboxylic acids is 1. The maximum atomic E-state index is 12.4. The van der Waals surface area contributed by atoms with Gasteiger partial charge in [-0.25, -0.2) is 9.97 Å². The smallest absolute Gasteiger partial charge is 0.225 e. The molecule has 0 bridgehead atoms. The number of anilines is 1. The second-order valence-electron chi connectivity index (χ2n) is 6.61. The number of nitrogens with one attached hydrogen (secondary N) is 1. The molecule has 2 fully saturated rings. The van der Waals surface area contributed by atoms with Crippen molar-refractivity contribution >= 4 is 11.7 Å². The Hall–Kier alpha value is -1.73. The van der Waals surface area contributed by atoms with E-state index in [1.807, 2.05) is 13.0 Å². The molecule has 0 aliphatic carbocycles. The molecule has 0 saturated carbocycles. The standard InChI is InChI=1S/C17H27N5O2/c1-13-9-16(20-12-19-13)22-6-5-21(15-3-7-24-8-4-15)10-14(11-22)17(23)18-2/h9,12,14-15H,3-8,10-11H2,1-2H3,(H,18,23)/t14-/m1/s1. The second-order valence-corrected chi connectivity index (χ2v) is 6.61. The molecule has 1 N–H and O–H groups in total. The van der Waals surface area contributed by atoms with Crippen LogP contribution in [0.1, 0.15) is 18.5 Å². The van der Waals surface area contributed by atoms with Gasteiger partial charge in [0, 0.05) is 64.2 Å². The molecule has 0 aromatic carbocycles. The Morgan fingerprint density at radius 3 is 2.75 bits per heavy atom. The summed E-state index contributed by atoms with van der Waals surface area (Å²) in [5.41, 5.74) is 0.946. The lowest BCUT2D eigenvalue weighted by molar-refractivity contribution is -0.124. The number of ether oxygens (including phenoxy) is 1. The Balaban J connectivity index is 1.77. The molecule has 132 valence electrons. The highest BCUT2D eigenvalue weighted by molar-refractivity contribution is 5.79. The lowest BCUT2D eigenvalue weighted by Gasteiger charge is -2.34. The maximum absolute atomic E-state index is 12.4. The van der Waals surface area contributed by atoms with Gasteiger partial charge in [-0.15, -0.1) is 0 Å². The molecule has 24 heavy (non-hydrogen) atoms. The molecular weight excluding hydrogens is 306 g/mol. The number of hydrogen-bond donors (Lipinski definition) is 1. The van der Waals surface area contributed by atoms with Crippen LogP contribution in [0.5, 0.6) is 0 Å². The molecule has 1 aromatic heterocycles. The van der Waals surface area contributed by atoms with Crippen molar-refractivity contribution in [1.82, 2.24) is 20.2 Å². The van der Waals surface area contributed by atoms with Crippen molar-refractivity contribution in [2.24, 2.45) is 5.92 Å². The molecule has 2 saturated heterocycles. The molecule has 3 heterocycles. The number of rotatable bonds is 3. The lowest BCUT2D eigenvalue weighted by Crippen LogP contribution is -2.45. The minimum Gasteiger partial charge on any atom is -0.381 e. The summed E-state index contributed by atoms with van der Waals surface area (Å²) in [6.45, 7) is 6.91. The van der Waals surface area contributed by atoms with Crippen LogP contribution in [0.3, 0.4) is 0 Å². The van der Waals surface area contributed by atoms with E-state index in [-0.39, 0.29) is 11.8 Å². The molecule has 0 unspecified atom stereocenters. The Kier molecular flexibility index (Phi) is 5.63. The van der Waals surface area contributed by atoms with Crippen LogP contribution in [0.2, 0.25) is 0 Å². The Labute approximate surface area is 143 Å². The normalized spacial score (nSPS) is 23.8. The lowest BCUT2D eigenvalue weighted by atomic mass is 10.0. The summed E-state index contributed by atoms with van der Waals surface area (Å²) < 4.78 is 5.49. The van der Waals surface area contributed by atoms with Crippen LogP contribution in [-0.4, -0.2) is 73.3 Å². The average molecular weight is 333 g/mol. The van der Waals surface area contributed by atoms with Crippen LogP contribution in [-0.2, 0) is 9.53 Å². The highest BCUT2D eigenvalue weighted by atomic mass is 16.5. The van der Waals surface area contributed by atoms with Gasteiger partial charge in [-0.05, 0) is 19.8 Å². The first-order valence-corrected chi connectivity index (χ1v) is 8.74. The van der Waals surface area contributed by atoms with Gasteiger partial charge in [0.2, 0.25) is 5.91 Å². The van der Waals surface area contributed by atoms with Crippen molar-refractivity contribution in [3.63, 3.8) is 0 Å². The topological polar surface area (TPSA) is 70.6 Å². The fraction of sp³-hybridized carbons (Fsp3) is 0.706. The van der Waals surface area contributed by atoms with Gasteiger partial charge in [-0.1, -0.05) is 0 Å². The van der Waals surface area contributed by atoms with E-state index in [0.29, 0.717) is 12.6 Å². The largest absolute Gasteiger partial charge is 0.381 e. The molecule has 2 aliphatic heterocycles. The van der Waals surface area contributed by atoms with Gasteiger partial charge in [-0.3, -0.25) is 9.69 Å². The fourth-order valence-electron chi connectivity index (χ4n) is 3.61. The van der Waals surface area contributed by atoms with Crippen molar-refractivity contribution in [3.8, 4) is 0 Å². The van der Waals surface area contributed by atoms with E-state index in [1.54, 1.807) is 13.4 Å². The third-order valence-electron chi connectivity index (χ3n) is 4.99. The molecule has 2 aliphatic rings. The highest BCUT2D eigenvalue weighted by Crippen LogP contribution is 2.22. The molecule has 1 atom stereocenters. The van der Waals surface area contributed by atoms with E-state index >= 15 is 0 Å². The van der Waals surface area contributed by atoms with Gasteiger partial charge in [-0.2, -0.15) is 0 Å². The number of hydrogen-bond acceptors (Lipinski definition) is 6. The SMILES string of the molecule is CNC(=O)[C@H]1CN(c2cc(C)ncn2)CCN(C2CCOCC2)C1. The van der Waals surface area contributed by atoms with Gasteiger partial charge in [0.15, 0.2) is 0 Å². The fourth-order valence-corrected chi connectivity index (χ4v) is 3.61. The molecule has 1 aromatic rings. The van der Waals surface area contributed by atoms with Crippen molar-refractivity contribution in [2.45, 2.75) is 25.8 Å². The summed E-state index contributed by atoms with van der Waals surface area (Å²) in [5.74, 6) is 0.950. The minimum absolute atomic E-state index is 0.0596. The van der Waals surface area contributed by atoms with E-state index in [1.165, 1.54) is 0 Å². The van der Waals surface area contributed by atoms with Crippen molar-refractivity contribution < 1.29 is 9.53 Å². The van der Waals surface area contributed by atoms with Crippen LogP contribution < -0.4 is 10.2 Å². The van der Waals surface area contributed by atoms with Crippen LogP contribution in [0.15, 0.2) is 12.4 Å². The van der Waals surface area contributed by atoms with E-state index in [9.17, 15) is 4.79 Å². The molecular formula is C17H27N5O2.